The summed E-state index contributed by atoms with van der Waals surface area (Å²) in [7, 11) is 0. The number of ether oxygens (including phenoxy) is 2. The third kappa shape index (κ3) is 5.60. The van der Waals surface area contributed by atoms with Gasteiger partial charge in [0.1, 0.15) is 23.8 Å². The summed E-state index contributed by atoms with van der Waals surface area (Å²) < 4.78 is 13.6. The molecule has 3 aliphatic heterocycles. The highest BCUT2D eigenvalue weighted by Gasteiger charge is 2.33. The molecule has 8 bridgehead atoms. The van der Waals surface area contributed by atoms with E-state index in [1.54, 1.807) is 25.3 Å². The molecule has 2 amide bonds. The SMILES string of the molecule is Cc1cc(C)n(CC(=O)N2CCc3cc4ccc3C2c2cccc(c2)OCCCNC(=O)c2cncc(c2)O4)c(=O)n1. The fraction of sp³-hybridized carbons (Fsp3) is 0.281. The molecule has 0 saturated heterocycles. The second-order valence-corrected chi connectivity index (χ2v) is 10.5. The number of nitrogens with one attached hydrogen (secondary N) is 1. The number of hydrogen-bond acceptors (Lipinski definition) is 7. The Bertz CT molecular complexity index is 1730. The molecule has 7 rings (SSSR count). The molecule has 10 nitrogen and oxygen atoms in total. The number of carbonyl (C=O) groups excluding carboxylic acids is 2. The van der Waals surface area contributed by atoms with Gasteiger partial charge in [0.2, 0.25) is 5.91 Å². The minimum Gasteiger partial charge on any atom is -0.494 e. The van der Waals surface area contributed by atoms with Crippen LogP contribution in [0.15, 0.2) is 71.8 Å². The summed E-state index contributed by atoms with van der Waals surface area (Å²) in [6, 6.07) is 16.6. The normalized spacial score (nSPS) is 16.5. The van der Waals surface area contributed by atoms with Gasteiger partial charge in [0, 0.05) is 30.7 Å². The Morgan fingerprint density at radius 1 is 1.02 bits per heavy atom. The van der Waals surface area contributed by atoms with Gasteiger partial charge in [-0.25, -0.2) is 4.79 Å². The molecule has 214 valence electrons. The number of fused-ring (bicyclic) bond motifs is 6. The quantitative estimate of drug-likeness (QED) is 0.394. The van der Waals surface area contributed by atoms with Gasteiger partial charge in [-0.1, -0.05) is 18.2 Å². The van der Waals surface area contributed by atoms with E-state index in [-0.39, 0.29) is 18.4 Å². The number of aromatic nitrogens is 3. The zero-order valence-electron chi connectivity index (χ0n) is 23.5. The topological polar surface area (TPSA) is 116 Å². The van der Waals surface area contributed by atoms with Gasteiger partial charge in [0.05, 0.1) is 24.4 Å². The predicted molar refractivity (Wildman–Crippen MR) is 155 cm³/mol. The lowest BCUT2D eigenvalue weighted by molar-refractivity contribution is -0.134. The number of hydrogen-bond donors (Lipinski definition) is 1. The van der Waals surface area contributed by atoms with Gasteiger partial charge in [-0.15, -0.1) is 0 Å². The Morgan fingerprint density at radius 3 is 2.76 bits per heavy atom. The van der Waals surface area contributed by atoms with E-state index in [9.17, 15) is 14.4 Å². The van der Waals surface area contributed by atoms with Crippen LogP contribution in [0.5, 0.6) is 17.2 Å². The highest BCUT2D eigenvalue weighted by Crippen LogP contribution is 2.38. The molecule has 42 heavy (non-hydrogen) atoms. The third-order valence-corrected chi connectivity index (χ3v) is 7.56. The number of aryl methyl sites for hydroxylation is 2. The Labute approximate surface area is 242 Å². The maximum absolute atomic E-state index is 13.9. The van der Waals surface area contributed by atoms with E-state index in [0.29, 0.717) is 66.7 Å². The number of amides is 2. The highest BCUT2D eigenvalue weighted by atomic mass is 16.5. The molecule has 1 atom stereocenters. The Balaban J connectivity index is 1.40. The third-order valence-electron chi connectivity index (χ3n) is 7.56. The summed E-state index contributed by atoms with van der Waals surface area (Å²) in [6.45, 7) is 4.77. The van der Waals surface area contributed by atoms with Gasteiger partial charge in [0.15, 0.2) is 0 Å². The highest BCUT2D eigenvalue weighted by molar-refractivity contribution is 5.94. The number of rotatable bonds is 2. The minimum absolute atomic E-state index is 0.101. The second kappa shape index (κ2) is 11.5. The number of benzene rings is 2. The van der Waals surface area contributed by atoms with E-state index in [1.165, 1.54) is 10.8 Å². The van der Waals surface area contributed by atoms with Crippen LogP contribution >= 0.6 is 0 Å². The standard InChI is InChI=1S/C32H31N5O5/c1-20-13-21(2)37(32(40)35-20)19-29(38)36-11-9-22-14-26-7-8-28(22)30(36)23-5-3-6-25(15-23)41-12-4-10-34-31(39)24-16-27(42-26)18-33-17-24/h3,5-8,13-18,30H,4,9-12,19H2,1-2H3,(H,34,39). The van der Waals surface area contributed by atoms with Crippen molar-refractivity contribution in [1.82, 2.24) is 24.8 Å². The van der Waals surface area contributed by atoms with Crippen LogP contribution < -0.4 is 20.5 Å². The number of pyridine rings is 1. The average Bonchev–Trinajstić information content (AvgIpc) is 2.97. The van der Waals surface area contributed by atoms with Crippen molar-refractivity contribution < 1.29 is 19.1 Å². The molecule has 0 aliphatic carbocycles. The first-order valence-electron chi connectivity index (χ1n) is 14.0. The van der Waals surface area contributed by atoms with Crippen LogP contribution in [0.25, 0.3) is 0 Å². The Morgan fingerprint density at radius 2 is 1.90 bits per heavy atom. The van der Waals surface area contributed by atoms with E-state index >= 15 is 0 Å². The van der Waals surface area contributed by atoms with Crippen molar-refractivity contribution in [2.24, 2.45) is 0 Å². The van der Waals surface area contributed by atoms with Crippen LogP contribution in [0.3, 0.4) is 0 Å². The molecule has 10 heteroatoms. The number of carbonyl (C=O) groups is 2. The summed E-state index contributed by atoms with van der Waals surface area (Å²) in [4.78, 5) is 49.2. The molecule has 1 unspecified atom stereocenters. The predicted octanol–water partition coefficient (Wildman–Crippen LogP) is 3.73. The van der Waals surface area contributed by atoms with Gasteiger partial charge in [-0.05, 0) is 79.8 Å². The van der Waals surface area contributed by atoms with Crippen molar-refractivity contribution in [3.8, 4) is 17.2 Å². The van der Waals surface area contributed by atoms with E-state index < -0.39 is 11.7 Å². The average molecular weight is 566 g/mol. The molecule has 2 aromatic carbocycles. The molecule has 3 aliphatic rings. The van der Waals surface area contributed by atoms with E-state index in [4.69, 9.17) is 9.47 Å². The van der Waals surface area contributed by atoms with Gasteiger partial charge in [0.25, 0.3) is 5.91 Å². The smallest absolute Gasteiger partial charge is 0.348 e. The molecular weight excluding hydrogens is 534 g/mol. The minimum atomic E-state index is -0.435. The van der Waals surface area contributed by atoms with E-state index in [1.807, 2.05) is 54.3 Å². The first kappa shape index (κ1) is 27.2. The fourth-order valence-corrected chi connectivity index (χ4v) is 5.56. The van der Waals surface area contributed by atoms with Crippen LogP contribution in [0.2, 0.25) is 0 Å². The molecular formula is C32H31N5O5. The maximum Gasteiger partial charge on any atom is 0.348 e. The Kier molecular flexibility index (Phi) is 7.43. The molecule has 0 radical (unpaired) electrons. The first-order chi connectivity index (χ1) is 20.4. The summed E-state index contributed by atoms with van der Waals surface area (Å²) in [5, 5.41) is 2.89. The van der Waals surface area contributed by atoms with Crippen molar-refractivity contribution in [3.05, 3.63) is 111 Å². The molecule has 0 saturated carbocycles. The monoisotopic (exact) mass is 565 g/mol. The van der Waals surface area contributed by atoms with Gasteiger partial charge in [-0.3, -0.25) is 19.1 Å². The van der Waals surface area contributed by atoms with Crippen LogP contribution in [0.4, 0.5) is 0 Å². The molecule has 0 spiro atoms. The molecule has 1 N–H and O–H groups in total. The largest absolute Gasteiger partial charge is 0.494 e. The molecule has 0 fully saturated rings. The lowest BCUT2D eigenvalue weighted by Gasteiger charge is -2.38. The van der Waals surface area contributed by atoms with Gasteiger partial charge in [-0.2, -0.15) is 4.98 Å². The van der Waals surface area contributed by atoms with Crippen LogP contribution in [0.1, 0.15) is 50.9 Å². The second-order valence-electron chi connectivity index (χ2n) is 10.5. The maximum atomic E-state index is 13.9. The fourth-order valence-electron chi connectivity index (χ4n) is 5.56. The molecule has 4 aromatic rings. The number of nitrogens with zero attached hydrogens (tertiary/aromatic N) is 4. The van der Waals surface area contributed by atoms with Gasteiger partial charge >= 0.3 is 5.69 Å². The summed E-state index contributed by atoms with van der Waals surface area (Å²) in [5.41, 5.74) is 4.20. The van der Waals surface area contributed by atoms with Crippen LogP contribution in [-0.4, -0.2) is 50.9 Å². The van der Waals surface area contributed by atoms with Crippen molar-refractivity contribution >= 4 is 11.8 Å². The van der Waals surface area contributed by atoms with Crippen molar-refractivity contribution in [3.63, 3.8) is 0 Å². The zero-order valence-corrected chi connectivity index (χ0v) is 23.5. The van der Waals surface area contributed by atoms with Crippen molar-refractivity contribution in [2.75, 3.05) is 19.7 Å². The lowest BCUT2D eigenvalue weighted by atomic mass is 9.87. The van der Waals surface area contributed by atoms with E-state index in [0.717, 1.165) is 16.7 Å². The Hall–Kier alpha value is -4.99. The summed E-state index contributed by atoms with van der Waals surface area (Å²) >= 11 is 0. The lowest BCUT2D eigenvalue weighted by Crippen LogP contribution is -2.44. The van der Waals surface area contributed by atoms with Gasteiger partial charge < -0.3 is 19.7 Å². The van der Waals surface area contributed by atoms with Crippen LogP contribution in [-0.2, 0) is 17.8 Å². The zero-order chi connectivity index (χ0) is 29.2. The summed E-state index contributed by atoms with van der Waals surface area (Å²) in [6.07, 6.45) is 4.29. The molecule has 2 aromatic heterocycles. The van der Waals surface area contributed by atoms with Crippen molar-refractivity contribution in [1.29, 1.82) is 0 Å². The summed E-state index contributed by atoms with van der Waals surface area (Å²) in [5.74, 6) is 1.34. The molecule has 5 heterocycles. The first-order valence-corrected chi connectivity index (χ1v) is 14.0. The van der Waals surface area contributed by atoms with Crippen molar-refractivity contribution in [2.45, 2.75) is 39.3 Å². The van der Waals surface area contributed by atoms with E-state index in [2.05, 4.69) is 15.3 Å². The van der Waals surface area contributed by atoms with Crippen LogP contribution in [0, 0.1) is 13.8 Å².